The minimum atomic E-state index is -2.95. The fourth-order valence-electron chi connectivity index (χ4n) is 2.61. The van der Waals surface area contributed by atoms with Crippen LogP contribution in [-0.2, 0) is 16.4 Å². The number of benzene rings is 1. The predicted octanol–water partition coefficient (Wildman–Crippen LogP) is 1.90. The number of ether oxygens (including phenoxy) is 1. The van der Waals surface area contributed by atoms with Crippen molar-refractivity contribution < 1.29 is 13.2 Å². The molecule has 7 nitrogen and oxygen atoms in total. The van der Waals surface area contributed by atoms with Gasteiger partial charge in [0.05, 0.1) is 5.75 Å². The number of rotatable bonds is 12. The Hall–Kier alpha value is -1.80. The molecular weight excluding hydrogens is 376 g/mol. The molecule has 0 saturated carbocycles. The first-order valence-corrected chi connectivity index (χ1v) is 11.9. The summed E-state index contributed by atoms with van der Waals surface area (Å²) in [6.07, 6.45) is 1.79. The smallest absolute Gasteiger partial charge is 0.191 e. The molecule has 0 spiro atoms. The van der Waals surface area contributed by atoms with Crippen LogP contribution in [0.5, 0.6) is 5.75 Å². The average molecular weight is 413 g/mol. The normalized spacial score (nSPS) is 13.4. The lowest BCUT2D eigenvalue weighted by atomic mass is 10.2. The molecule has 0 aliphatic heterocycles. The van der Waals surface area contributed by atoms with E-state index in [9.17, 15) is 8.42 Å². The maximum atomic E-state index is 11.3. The number of likely N-dealkylation sites (N-methyl/N-ethyl adjacent to an activating group) is 1. The molecular formula is C20H36N4O3S. The summed E-state index contributed by atoms with van der Waals surface area (Å²) in [5.74, 6) is 1.68. The van der Waals surface area contributed by atoms with Crippen molar-refractivity contribution in [2.75, 3.05) is 45.3 Å². The summed E-state index contributed by atoms with van der Waals surface area (Å²) in [5.41, 5.74) is 1.11. The highest BCUT2D eigenvalue weighted by molar-refractivity contribution is 7.90. The summed E-state index contributed by atoms with van der Waals surface area (Å²) >= 11 is 0. The monoisotopic (exact) mass is 412 g/mol. The second kappa shape index (κ2) is 12.6. The molecule has 2 N–H and O–H groups in total. The summed E-state index contributed by atoms with van der Waals surface area (Å²) < 4.78 is 28.3. The Morgan fingerprint density at radius 1 is 1.21 bits per heavy atom. The maximum Gasteiger partial charge on any atom is 0.191 e. The minimum Gasteiger partial charge on any atom is -0.492 e. The minimum absolute atomic E-state index is 0.0162. The molecule has 8 heteroatoms. The van der Waals surface area contributed by atoms with Crippen LogP contribution in [0.25, 0.3) is 0 Å². The fraction of sp³-hybridized carbons (Fsp3) is 0.650. The molecule has 0 heterocycles. The van der Waals surface area contributed by atoms with Gasteiger partial charge in [0, 0.05) is 32.4 Å². The molecule has 1 rings (SSSR count). The number of nitrogens with zero attached hydrogens (tertiary/aromatic N) is 2. The van der Waals surface area contributed by atoms with Gasteiger partial charge in [0.1, 0.15) is 22.2 Å². The molecule has 0 radical (unpaired) electrons. The van der Waals surface area contributed by atoms with Gasteiger partial charge < -0.3 is 20.3 Å². The number of sulfone groups is 1. The third-order valence-corrected chi connectivity index (χ3v) is 5.46. The van der Waals surface area contributed by atoms with Gasteiger partial charge in [0.2, 0.25) is 0 Å². The molecule has 0 amide bonds. The summed E-state index contributed by atoms with van der Waals surface area (Å²) in [6, 6.07) is 8.02. The van der Waals surface area contributed by atoms with E-state index in [2.05, 4.69) is 34.4 Å². The van der Waals surface area contributed by atoms with E-state index in [-0.39, 0.29) is 11.8 Å². The molecule has 1 aromatic carbocycles. The number of nitrogens with one attached hydrogen (secondary N) is 2. The van der Waals surface area contributed by atoms with E-state index in [1.54, 1.807) is 7.05 Å². The molecule has 0 aliphatic rings. The Morgan fingerprint density at radius 2 is 1.86 bits per heavy atom. The lowest BCUT2D eigenvalue weighted by Gasteiger charge is -2.18. The van der Waals surface area contributed by atoms with Gasteiger partial charge in [0.25, 0.3) is 0 Å². The van der Waals surface area contributed by atoms with Crippen LogP contribution in [-0.4, -0.2) is 70.6 Å². The van der Waals surface area contributed by atoms with Gasteiger partial charge in [-0.2, -0.15) is 0 Å². The van der Waals surface area contributed by atoms with Crippen LogP contribution in [0.2, 0.25) is 0 Å². The lowest BCUT2D eigenvalue weighted by molar-refractivity contribution is 0.223. The predicted molar refractivity (Wildman–Crippen MR) is 117 cm³/mol. The van der Waals surface area contributed by atoms with Crippen molar-refractivity contribution in [2.24, 2.45) is 4.99 Å². The van der Waals surface area contributed by atoms with Crippen LogP contribution in [0.3, 0.4) is 0 Å². The van der Waals surface area contributed by atoms with Gasteiger partial charge in [-0.15, -0.1) is 0 Å². The van der Waals surface area contributed by atoms with Crippen LogP contribution in [0.4, 0.5) is 0 Å². The molecule has 1 atom stereocenters. The molecule has 0 saturated heterocycles. The molecule has 1 unspecified atom stereocenters. The van der Waals surface area contributed by atoms with Crippen molar-refractivity contribution >= 4 is 15.8 Å². The largest absolute Gasteiger partial charge is 0.492 e. The number of aliphatic imine (C=N–C) groups is 1. The first kappa shape index (κ1) is 24.2. The van der Waals surface area contributed by atoms with E-state index in [0.717, 1.165) is 30.9 Å². The highest BCUT2D eigenvalue weighted by Gasteiger charge is 2.09. The van der Waals surface area contributed by atoms with Crippen molar-refractivity contribution in [3.8, 4) is 5.75 Å². The van der Waals surface area contributed by atoms with Gasteiger partial charge in [-0.3, -0.25) is 4.99 Å². The van der Waals surface area contributed by atoms with Gasteiger partial charge >= 0.3 is 0 Å². The third kappa shape index (κ3) is 10.5. The van der Waals surface area contributed by atoms with Gasteiger partial charge in [-0.25, -0.2) is 8.42 Å². The first-order chi connectivity index (χ1) is 13.3. The molecule has 0 bridgehead atoms. The van der Waals surface area contributed by atoms with Crippen molar-refractivity contribution in [1.82, 2.24) is 15.5 Å². The van der Waals surface area contributed by atoms with E-state index in [1.807, 2.05) is 31.2 Å². The van der Waals surface area contributed by atoms with Crippen molar-refractivity contribution in [2.45, 2.75) is 39.8 Å². The van der Waals surface area contributed by atoms with E-state index < -0.39 is 9.84 Å². The zero-order valence-electron chi connectivity index (χ0n) is 17.9. The molecule has 0 fully saturated rings. The fourth-order valence-corrected chi connectivity index (χ4v) is 3.39. The topological polar surface area (TPSA) is 83.0 Å². The Morgan fingerprint density at radius 3 is 2.39 bits per heavy atom. The van der Waals surface area contributed by atoms with Crippen LogP contribution >= 0.6 is 0 Å². The Bertz CT molecular complexity index is 686. The van der Waals surface area contributed by atoms with E-state index >= 15 is 0 Å². The van der Waals surface area contributed by atoms with E-state index in [0.29, 0.717) is 25.5 Å². The Labute approximate surface area is 170 Å². The quantitative estimate of drug-likeness (QED) is 0.403. The molecule has 0 aromatic heterocycles. The zero-order chi connectivity index (χ0) is 21.0. The standard InChI is InChI=1S/C20H36N4O3S/c1-6-24(7-2)13-14-27-19-10-8-18(9-11-19)16-22-20(21-4)23-17(3)12-15-28(5,25)26/h8-11,17H,6-7,12-16H2,1-5H3,(H2,21,22,23). The van der Waals surface area contributed by atoms with Gasteiger partial charge in [-0.05, 0) is 44.1 Å². The number of guanidine groups is 1. The van der Waals surface area contributed by atoms with Gasteiger partial charge in [0.15, 0.2) is 5.96 Å². The highest BCUT2D eigenvalue weighted by Crippen LogP contribution is 2.12. The molecule has 160 valence electrons. The SMILES string of the molecule is CCN(CC)CCOc1ccc(CNC(=NC)NC(C)CCS(C)(=O)=O)cc1. The van der Waals surface area contributed by atoms with Crippen molar-refractivity contribution in [3.05, 3.63) is 29.8 Å². The maximum absolute atomic E-state index is 11.3. The van der Waals surface area contributed by atoms with Crippen LogP contribution in [0.1, 0.15) is 32.8 Å². The second-order valence-electron chi connectivity index (χ2n) is 6.91. The lowest BCUT2D eigenvalue weighted by Crippen LogP contribution is -2.42. The first-order valence-electron chi connectivity index (χ1n) is 9.86. The summed E-state index contributed by atoms with van der Waals surface area (Å²) in [6.45, 7) is 10.6. The second-order valence-corrected chi connectivity index (χ2v) is 9.17. The van der Waals surface area contributed by atoms with Crippen molar-refractivity contribution in [1.29, 1.82) is 0 Å². The van der Waals surface area contributed by atoms with Gasteiger partial charge in [-0.1, -0.05) is 26.0 Å². The summed E-state index contributed by atoms with van der Waals surface area (Å²) in [5, 5.41) is 6.46. The molecule has 1 aromatic rings. The van der Waals surface area contributed by atoms with E-state index in [1.165, 1.54) is 6.26 Å². The number of hydrogen-bond acceptors (Lipinski definition) is 5. The molecule has 28 heavy (non-hydrogen) atoms. The van der Waals surface area contributed by atoms with Crippen molar-refractivity contribution in [3.63, 3.8) is 0 Å². The van der Waals surface area contributed by atoms with Crippen LogP contribution in [0.15, 0.2) is 29.3 Å². The molecule has 0 aliphatic carbocycles. The Kier molecular flexibility index (Phi) is 10.9. The number of hydrogen-bond donors (Lipinski definition) is 2. The summed E-state index contributed by atoms with van der Waals surface area (Å²) in [7, 11) is -1.25. The highest BCUT2D eigenvalue weighted by atomic mass is 32.2. The van der Waals surface area contributed by atoms with Crippen LogP contribution in [0, 0.1) is 0 Å². The Balaban J connectivity index is 2.40. The summed E-state index contributed by atoms with van der Waals surface area (Å²) in [4.78, 5) is 6.52. The van der Waals surface area contributed by atoms with Crippen LogP contribution < -0.4 is 15.4 Å². The average Bonchev–Trinajstić information content (AvgIpc) is 2.67. The third-order valence-electron chi connectivity index (χ3n) is 4.48. The van der Waals surface area contributed by atoms with E-state index in [4.69, 9.17) is 4.74 Å². The zero-order valence-corrected chi connectivity index (χ0v) is 18.7.